The number of H-pyrrole nitrogens is 1. The van der Waals surface area contributed by atoms with Crippen LogP contribution < -0.4 is 0 Å². The van der Waals surface area contributed by atoms with Crippen LogP contribution in [0, 0.1) is 10.6 Å². The predicted octanol–water partition coefficient (Wildman–Crippen LogP) is 3.97. The lowest BCUT2D eigenvalue weighted by molar-refractivity contribution is 0.487. The molecule has 3 rings (SSSR count). The fourth-order valence-corrected chi connectivity index (χ4v) is 2.51. The maximum Gasteiger partial charge on any atom is 0.195 e. The number of hydrogen-bond acceptors (Lipinski definition) is 3. The molecule has 0 saturated heterocycles. The first-order valence-electron chi connectivity index (χ1n) is 6.24. The summed E-state index contributed by atoms with van der Waals surface area (Å²) in [6, 6.07) is 8.24. The quantitative estimate of drug-likeness (QED) is 0.739. The zero-order valence-electron chi connectivity index (χ0n) is 10.8. The van der Waals surface area contributed by atoms with Crippen molar-refractivity contribution in [1.29, 1.82) is 0 Å². The smallest absolute Gasteiger partial charge is 0.195 e. The number of hydrogen-bond donors (Lipinski definition) is 1. The Morgan fingerprint density at radius 3 is 2.90 bits per heavy atom. The van der Waals surface area contributed by atoms with Crippen molar-refractivity contribution >= 4 is 23.8 Å². The van der Waals surface area contributed by atoms with Gasteiger partial charge in [0, 0.05) is 17.0 Å². The molecule has 0 unspecified atom stereocenters. The molecule has 1 N–H and O–H groups in total. The second-order valence-corrected chi connectivity index (χ2v) is 5.28. The van der Waals surface area contributed by atoms with Crippen molar-refractivity contribution in [3.8, 4) is 0 Å². The average Bonchev–Trinajstić information content (AvgIpc) is 3.07. The van der Waals surface area contributed by atoms with Gasteiger partial charge < -0.3 is 4.42 Å². The van der Waals surface area contributed by atoms with E-state index in [4.69, 9.17) is 28.2 Å². The lowest BCUT2D eigenvalue weighted by Crippen LogP contribution is -2.07. The summed E-state index contributed by atoms with van der Waals surface area (Å²) >= 11 is 11.3. The standard InChI is InChI=1S/C14H11ClFN3OS/c15-11-4-1-5-12(16)10(11)7-13-17-18-14(21)19(13)8-9-3-2-6-20-9/h1-6H,7-8H2,(H,18,21). The Kier molecular flexibility index (Phi) is 3.90. The van der Waals surface area contributed by atoms with Gasteiger partial charge in [-0.25, -0.2) is 4.39 Å². The van der Waals surface area contributed by atoms with Crippen molar-refractivity contribution < 1.29 is 8.81 Å². The van der Waals surface area contributed by atoms with Crippen molar-refractivity contribution in [3.63, 3.8) is 0 Å². The van der Waals surface area contributed by atoms with E-state index in [1.807, 2.05) is 6.07 Å². The molecule has 0 spiro atoms. The summed E-state index contributed by atoms with van der Waals surface area (Å²) in [5.41, 5.74) is 0.397. The van der Waals surface area contributed by atoms with E-state index in [0.29, 0.717) is 27.7 Å². The van der Waals surface area contributed by atoms with Crippen LogP contribution in [0.25, 0.3) is 0 Å². The van der Waals surface area contributed by atoms with Crippen LogP contribution in [0.1, 0.15) is 17.1 Å². The van der Waals surface area contributed by atoms with Gasteiger partial charge in [-0.1, -0.05) is 17.7 Å². The van der Waals surface area contributed by atoms with Gasteiger partial charge in [0.2, 0.25) is 0 Å². The molecule has 7 heteroatoms. The van der Waals surface area contributed by atoms with Crippen LogP contribution in [0.2, 0.25) is 5.02 Å². The predicted molar refractivity (Wildman–Crippen MR) is 79.4 cm³/mol. The van der Waals surface area contributed by atoms with Crippen LogP contribution in [0.5, 0.6) is 0 Å². The molecule has 4 nitrogen and oxygen atoms in total. The van der Waals surface area contributed by atoms with Gasteiger partial charge in [-0.3, -0.25) is 9.67 Å². The number of nitrogens with one attached hydrogen (secondary N) is 1. The van der Waals surface area contributed by atoms with Crippen LogP contribution in [-0.2, 0) is 13.0 Å². The minimum atomic E-state index is -0.360. The Balaban J connectivity index is 1.95. The van der Waals surface area contributed by atoms with Crippen LogP contribution in [0.15, 0.2) is 41.0 Å². The summed E-state index contributed by atoms with van der Waals surface area (Å²) in [7, 11) is 0. The van der Waals surface area contributed by atoms with Crippen LogP contribution in [0.4, 0.5) is 4.39 Å². The van der Waals surface area contributed by atoms with Gasteiger partial charge in [-0.15, -0.1) is 0 Å². The number of benzene rings is 1. The molecule has 0 amide bonds. The molecule has 1 aromatic carbocycles. The minimum absolute atomic E-state index is 0.249. The largest absolute Gasteiger partial charge is 0.467 e. The number of aromatic nitrogens is 3. The van der Waals surface area contributed by atoms with E-state index >= 15 is 0 Å². The monoisotopic (exact) mass is 323 g/mol. The highest BCUT2D eigenvalue weighted by Crippen LogP contribution is 2.22. The lowest BCUT2D eigenvalue weighted by atomic mass is 10.1. The molecule has 0 aliphatic rings. The molecule has 2 aromatic heterocycles. The molecule has 0 atom stereocenters. The molecule has 108 valence electrons. The van der Waals surface area contributed by atoms with Crippen molar-refractivity contribution in [2.24, 2.45) is 0 Å². The second-order valence-electron chi connectivity index (χ2n) is 4.49. The Bertz CT molecular complexity index is 790. The topological polar surface area (TPSA) is 46.8 Å². The molecular weight excluding hydrogens is 313 g/mol. The zero-order valence-corrected chi connectivity index (χ0v) is 12.4. The van der Waals surface area contributed by atoms with Gasteiger partial charge in [0.1, 0.15) is 17.4 Å². The maximum absolute atomic E-state index is 13.9. The van der Waals surface area contributed by atoms with Crippen molar-refractivity contribution in [1.82, 2.24) is 14.8 Å². The van der Waals surface area contributed by atoms with E-state index in [1.165, 1.54) is 6.07 Å². The first kappa shape index (κ1) is 14.0. The second kappa shape index (κ2) is 5.83. The SMILES string of the molecule is Fc1cccc(Cl)c1Cc1n[nH]c(=S)n1Cc1ccco1. The highest BCUT2D eigenvalue weighted by atomic mass is 35.5. The van der Waals surface area contributed by atoms with Crippen molar-refractivity contribution in [2.75, 3.05) is 0 Å². The van der Waals surface area contributed by atoms with Crippen molar-refractivity contribution in [2.45, 2.75) is 13.0 Å². The summed E-state index contributed by atoms with van der Waals surface area (Å²) in [4.78, 5) is 0. The van der Waals surface area contributed by atoms with E-state index in [1.54, 1.807) is 29.0 Å². The molecule has 3 aromatic rings. The normalized spacial score (nSPS) is 11.0. The zero-order chi connectivity index (χ0) is 14.8. The Hall–Kier alpha value is -1.92. The van der Waals surface area contributed by atoms with E-state index in [0.717, 1.165) is 5.76 Å². The van der Waals surface area contributed by atoms with Crippen LogP contribution in [0.3, 0.4) is 0 Å². The molecular formula is C14H11ClFN3OS. The van der Waals surface area contributed by atoms with Crippen LogP contribution >= 0.6 is 23.8 Å². The summed E-state index contributed by atoms with van der Waals surface area (Å²) < 4.78 is 21.4. The summed E-state index contributed by atoms with van der Waals surface area (Å²) in [6.45, 7) is 0.434. The fraction of sp³-hybridized carbons (Fsp3) is 0.143. The van der Waals surface area contributed by atoms with E-state index in [9.17, 15) is 4.39 Å². The molecule has 0 radical (unpaired) electrons. The average molecular weight is 324 g/mol. The van der Waals surface area contributed by atoms with Crippen LogP contribution in [-0.4, -0.2) is 14.8 Å². The highest BCUT2D eigenvalue weighted by molar-refractivity contribution is 7.71. The lowest BCUT2D eigenvalue weighted by Gasteiger charge is -2.07. The van der Waals surface area contributed by atoms with Gasteiger partial charge in [-0.2, -0.15) is 5.10 Å². The third-order valence-corrected chi connectivity index (χ3v) is 3.79. The van der Waals surface area contributed by atoms with E-state index < -0.39 is 0 Å². The molecule has 0 saturated carbocycles. The summed E-state index contributed by atoms with van der Waals surface area (Å²) in [5.74, 6) is 0.984. The third kappa shape index (κ3) is 2.91. The van der Waals surface area contributed by atoms with Gasteiger partial charge in [-0.05, 0) is 36.5 Å². The molecule has 0 bridgehead atoms. The summed E-state index contributed by atoms with van der Waals surface area (Å²) in [5, 5.41) is 7.24. The number of halogens is 2. The van der Waals surface area contributed by atoms with Gasteiger partial charge >= 0.3 is 0 Å². The third-order valence-electron chi connectivity index (χ3n) is 3.13. The van der Waals surface area contributed by atoms with Gasteiger partial charge in [0.25, 0.3) is 0 Å². The molecule has 21 heavy (non-hydrogen) atoms. The van der Waals surface area contributed by atoms with Crippen molar-refractivity contribution in [3.05, 3.63) is 69.4 Å². The minimum Gasteiger partial charge on any atom is -0.467 e. The van der Waals surface area contributed by atoms with E-state index in [2.05, 4.69) is 10.2 Å². The number of furan rings is 1. The van der Waals surface area contributed by atoms with Gasteiger partial charge in [0.15, 0.2) is 4.77 Å². The summed E-state index contributed by atoms with van der Waals surface area (Å²) in [6.07, 6.45) is 1.84. The molecule has 0 fully saturated rings. The molecule has 0 aliphatic carbocycles. The maximum atomic E-state index is 13.9. The first-order chi connectivity index (χ1) is 10.1. The number of rotatable bonds is 4. The molecule has 2 heterocycles. The number of nitrogens with zero attached hydrogens (tertiary/aromatic N) is 2. The Morgan fingerprint density at radius 1 is 1.33 bits per heavy atom. The fourth-order valence-electron chi connectivity index (χ4n) is 2.07. The highest BCUT2D eigenvalue weighted by Gasteiger charge is 2.14. The van der Waals surface area contributed by atoms with E-state index in [-0.39, 0.29) is 12.2 Å². The molecule has 0 aliphatic heterocycles. The Morgan fingerprint density at radius 2 is 2.19 bits per heavy atom. The number of aromatic amines is 1. The van der Waals surface area contributed by atoms with Gasteiger partial charge in [0.05, 0.1) is 12.8 Å². The first-order valence-corrected chi connectivity index (χ1v) is 7.03. The Labute approximate surface area is 130 Å².